The van der Waals surface area contributed by atoms with E-state index >= 15 is 0 Å². The van der Waals surface area contributed by atoms with Gasteiger partial charge in [-0.05, 0) is 44.9 Å². The lowest BCUT2D eigenvalue weighted by atomic mass is 10.0. The zero-order valence-electron chi connectivity index (χ0n) is 40.4. The minimum absolute atomic E-state index is 0.0796. The van der Waals surface area contributed by atoms with E-state index in [1.807, 2.05) is 6.08 Å². The molecule has 8 nitrogen and oxygen atoms in total. The maximum Gasteiger partial charge on any atom is 0.472 e. The van der Waals surface area contributed by atoms with E-state index in [4.69, 9.17) is 14.8 Å². The minimum atomic E-state index is -4.34. The zero-order valence-corrected chi connectivity index (χ0v) is 41.3. The fourth-order valence-corrected chi connectivity index (χ4v) is 8.77. The number of hydrogen-bond acceptors (Lipinski definition) is 6. The van der Waals surface area contributed by atoms with Crippen LogP contribution in [0.2, 0.25) is 0 Å². The molecule has 0 aliphatic rings. The number of phosphoric acid groups is 1. The highest BCUT2D eigenvalue weighted by atomic mass is 31.2. The van der Waals surface area contributed by atoms with Crippen LogP contribution in [0.15, 0.2) is 24.3 Å². The maximum absolute atomic E-state index is 12.8. The molecule has 0 rings (SSSR count). The third kappa shape index (κ3) is 46.8. The summed E-state index contributed by atoms with van der Waals surface area (Å²) in [5, 5.41) is 13.8. The quantitative estimate of drug-likeness (QED) is 0.0272. The fraction of sp³-hybridized carbons (Fsp3) is 0.904. The van der Waals surface area contributed by atoms with Gasteiger partial charge in [0.1, 0.15) is 0 Å². The Morgan fingerprint density at radius 2 is 0.852 bits per heavy atom. The second kappa shape index (κ2) is 48.4. The highest BCUT2D eigenvalue weighted by molar-refractivity contribution is 7.47. The summed E-state index contributed by atoms with van der Waals surface area (Å²) in [5.74, 6) is -0.192. The van der Waals surface area contributed by atoms with Crippen molar-refractivity contribution in [1.82, 2.24) is 5.32 Å². The molecule has 0 fully saturated rings. The van der Waals surface area contributed by atoms with Crippen molar-refractivity contribution in [2.45, 2.75) is 283 Å². The van der Waals surface area contributed by atoms with Gasteiger partial charge < -0.3 is 21.1 Å². The molecule has 1 amide bonds. The van der Waals surface area contributed by atoms with Crippen LogP contribution in [0.1, 0.15) is 271 Å². The Balaban J connectivity index is 4.07. The van der Waals surface area contributed by atoms with E-state index in [0.717, 1.165) is 38.5 Å². The van der Waals surface area contributed by atoms with E-state index in [-0.39, 0.29) is 25.7 Å². The van der Waals surface area contributed by atoms with E-state index < -0.39 is 20.0 Å². The van der Waals surface area contributed by atoms with Crippen LogP contribution in [0.4, 0.5) is 0 Å². The molecular formula is C52H103N2O6P. The number of aliphatic hydroxyl groups is 1. The number of amides is 1. The summed E-state index contributed by atoms with van der Waals surface area (Å²) in [4.78, 5) is 22.8. The Bertz CT molecular complexity index is 1010. The molecule has 0 bridgehead atoms. The molecule has 0 saturated carbocycles. The van der Waals surface area contributed by atoms with Gasteiger partial charge in [0.2, 0.25) is 5.91 Å². The van der Waals surface area contributed by atoms with E-state index in [2.05, 4.69) is 31.3 Å². The van der Waals surface area contributed by atoms with Crippen molar-refractivity contribution in [2.24, 2.45) is 5.73 Å². The molecule has 0 saturated heterocycles. The molecule has 3 atom stereocenters. The molecule has 0 aromatic heterocycles. The van der Waals surface area contributed by atoms with E-state index in [9.17, 15) is 19.4 Å². The average Bonchev–Trinajstić information content (AvgIpc) is 3.25. The van der Waals surface area contributed by atoms with Crippen molar-refractivity contribution in [3.63, 3.8) is 0 Å². The van der Waals surface area contributed by atoms with Crippen LogP contribution in [0, 0.1) is 0 Å². The number of rotatable bonds is 50. The van der Waals surface area contributed by atoms with Gasteiger partial charge in [-0.2, -0.15) is 0 Å². The van der Waals surface area contributed by atoms with Crippen molar-refractivity contribution in [2.75, 3.05) is 19.8 Å². The first-order chi connectivity index (χ1) is 29.9. The molecule has 0 aromatic carbocycles. The van der Waals surface area contributed by atoms with Gasteiger partial charge >= 0.3 is 7.82 Å². The number of nitrogens with one attached hydrogen (secondary N) is 1. The largest absolute Gasteiger partial charge is 0.472 e. The molecule has 0 radical (unpaired) electrons. The smallest absolute Gasteiger partial charge is 0.387 e. The maximum atomic E-state index is 12.8. The van der Waals surface area contributed by atoms with Crippen LogP contribution in [-0.2, 0) is 18.4 Å². The highest BCUT2D eigenvalue weighted by Gasteiger charge is 2.26. The van der Waals surface area contributed by atoms with Gasteiger partial charge in [-0.3, -0.25) is 13.8 Å². The first-order valence-corrected chi connectivity index (χ1v) is 28.0. The summed E-state index contributed by atoms with van der Waals surface area (Å²) in [6, 6.07) is -0.860. The molecular weight excluding hydrogens is 780 g/mol. The number of hydrogen-bond donors (Lipinski definition) is 4. The Morgan fingerprint density at radius 1 is 0.525 bits per heavy atom. The fourth-order valence-electron chi connectivity index (χ4n) is 8.01. The standard InChI is InChI=1S/C52H103N2O6P/c1-3-5-7-9-11-13-15-17-19-21-23-25-27-29-31-33-35-37-39-41-43-45-51(55)50(49-60-61(57,58)59-48-47-53)54-52(56)46-44-42-40-38-36-34-32-30-28-26-24-22-20-18-16-14-12-10-8-6-4-2/h22,24,43,45,50-51,55H,3-21,23,25-42,44,46-49,53H2,1-2H3,(H,54,56)(H,57,58)/b24-22-,45-43+. The van der Waals surface area contributed by atoms with Crippen LogP contribution in [-0.4, -0.2) is 47.8 Å². The molecule has 5 N–H and O–H groups in total. The first-order valence-electron chi connectivity index (χ1n) is 26.5. The molecule has 3 unspecified atom stereocenters. The molecule has 0 aromatic rings. The van der Waals surface area contributed by atoms with E-state index in [0.29, 0.717) is 6.42 Å². The van der Waals surface area contributed by atoms with Gasteiger partial charge in [-0.25, -0.2) is 4.57 Å². The van der Waals surface area contributed by atoms with Crippen LogP contribution < -0.4 is 11.1 Å². The van der Waals surface area contributed by atoms with Crippen LogP contribution >= 0.6 is 7.82 Å². The minimum Gasteiger partial charge on any atom is -0.387 e. The lowest BCUT2D eigenvalue weighted by Crippen LogP contribution is -2.45. The molecule has 0 spiro atoms. The summed E-state index contributed by atoms with van der Waals surface area (Å²) >= 11 is 0. The van der Waals surface area contributed by atoms with Gasteiger partial charge in [0, 0.05) is 13.0 Å². The van der Waals surface area contributed by atoms with Crippen molar-refractivity contribution in [3.05, 3.63) is 24.3 Å². The van der Waals surface area contributed by atoms with Gasteiger partial charge in [0.05, 0.1) is 25.4 Å². The van der Waals surface area contributed by atoms with E-state index in [1.165, 1.54) is 212 Å². The van der Waals surface area contributed by atoms with Gasteiger partial charge in [-0.1, -0.05) is 244 Å². The number of aliphatic hydroxyl groups excluding tert-OH is 1. The molecule has 0 heterocycles. The normalized spacial score (nSPS) is 14.0. The van der Waals surface area contributed by atoms with Gasteiger partial charge in [-0.15, -0.1) is 0 Å². The SMILES string of the molecule is CCCCCCCCCC/C=C\CCCCCCCCCCCC(=O)NC(COP(=O)(O)OCCN)C(O)/C=C/CCCCCCCCCCCCCCCCCCCCC. The van der Waals surface area contributed by atoms with Crippen LogP contribution in [0.5, 0.6) is 0 Å². The molecule has 0 aliphatic carbocycles. The first kappa shape index (κ1) is 60.0. The topological polar surface area (TPSA) is 131 Å². The summed E-state index contributed by atoms with van der Waals surface area (Å²) in [5.41, 5.74) is 5.40. The second-order valence-electron chi connectivity index (χ2n) is 18.1. The van der Waals surface area contributed by atoms with E-state index in [1.54, 1.807) is 6.08 Å². The average molecular weight is 883 g/mol. The predicted octanol–water partition coefficient (Wildman–Crippen LogP) is 15.7. The van der Waals surface area contributed by atoms with Crippen molar-refractivity contribution >= 4 is 13.7 Å². The Labute approximate surface area is 378 Å². The number of nitrogens with two attached hydrogens (primary N) is 1. The molecule has 61 heavy (non-hydrogen) atoms. The number of phosphoric ester groups is 1. The number of allylic oxidation sites excluding steroid dienone is 3. The van der Waals surface area contributed by atoms with Crippen LogP contribution in [0.25, 0.3) is 0 Å². The predicted molar refractivity (Wildman–Crippen MR) is 263 cm³/mol. The van der Waals surface area contributed by atoms with Crippen LogP contribution in [0.3, 0.4) is 0 Å². The second-order valence-corrected chi connectivity index (χ2v) is 19.5. The highest BCUT2D eigenvalue weighted by Crippen LogP contribution is 2.43. The van der Waals surface area contributed by atoms with Gasteiger partial charge in [0.25, 0.3) is 0 Å². The lowest BCUT2D eigenvalue weighted by molar-refractivity contribution is -0.123. The monoisotopic (exact) mass is 883 g/mol. The van der Waals surface area contributed by atoms with Crippen molar-refractivity contribution in [1.29, 1.82) is 0 Å². The zero-order chi connectivity index (χ0) is 44.6. The third-order valence-electron chi connectivity index (χ3n) is 12.0. The summed E-state index contributed by atoms with van der Waals surface area (Å²) in [6.07, 6.45) is 58.1. The van der Waals surface area contributed by atoms with Crippen molar-refractivity contribution in [3.8, 4) is 0 Å². The Morgan fingerprint density at radius 3 is 1.21 bits per heavy atom. The lowest BCUT2D eigenvalue weighted by Gasteiger charge is -2.23. The third-order valence-corrected chi connectivity index (χ3v) is 13.0. The molecule has 0 aliphatic heterocycles. The summed E-state index contributed by atoms with van der Waals surface area (Å²) in [7, 11) is -4.34. The Kier molecular flexibility index (Phi) is 47.6. The number of unbranched alkanes of at least 4 members (excludes halogenated alkanes) is 36. The summed E-state index contributed by atoms with van der Waals surface area (Å²) in [6.45, 7) is 4.17. The van der Waals surface area contributed by atoms with Gasteiger partial charge in [0.15, 0.2) is 0 Å². The Hall–Kier alpha value is -1.02. The number of carbonyl (C=O) groups is 1. The molecule has 9 heteroatoms. The molecule has 362 valence electrons. The number of carbonyl (C=O) groups excluding carboxylic acids is 1. The van der Waals surface area contributed by atoms with Crippen molar-refractivity contribution < 1.29 is 28.4 Å². The summed E-state index contributed by atoms with van der Waals surface area (Å²) < 4.78 is 22.2.